The molecule has 0 bridgehead atoms. The zero-order valence-electron chi connectivity index (χ0n) is 10.2. The molecule has 2 nitrogen and oxygen atoms in total. The van der Waals surface area contributed by atoms with Gasteiger partial charge in [-0.3, -0.25) is 5.84 Å². The van der Waals surface area contributed by atoms with E-state index in [1.54, 1.807) is 0 Å². The highest BCUT2D eigenvalue weighted by Crippen LogP contribution is 2.27. The third-order valence-electron chi connectivity index (χ3n) is 2.65. The summed E-state index contributed by atoms with van der Waals surface area (Å²) >= 11 is 0. The molecule has 0 radical (unpaired) electrons. The summed E-state index contributed by atoms with van der Waals surface area (Å²) in [4.78, 5) is 0. The van der Waals surface area contributed by atoms with E-state index in [0.717, 1.165) is 18.5 Å². The molecule has 84 valence electrons. The molecule has 0 fully saturated rings. The van der Waals surface area contributed by atoms with Gasteiger partial charge in [0.15, 0.2) is 0 Å². The topological polar surface area (TPSA) is 38.0 Å². The Balaban J connectivity index is 3.10. The Morgan fingerprint density at radius 1 is 1.27 bits per heavy atom. The maximum Gasteiger partial charge on any atom is 0.0517 e. The molecule has 2 heteroatoms. The summed E-state index contributed by atoms with van der Waals surface area (Å²) in [5.74, 6) is 5.49. The monoisotopic (exact) mass is 206 g/mol. The predicted molar refractivity (Wildman–Crippen MR) is 66.9 cm³/mol. The minimum atomic E-state index is 0.204. The molecule has 1 aromatic rings. The van der Waals surface area contributed by atoms with Crippen molar-refractivity contribution in [2.75, 3.05) is 5.43 Å². The molecular weight excluding hydrogens is 184 g/mol. The molecule has 0 heterocycles. The molecule has 0 aliphatic carbocycles. The van der Waals surface area contributed by atoms with E-state index < -0.39 is 0 Å². The number of hydrazine groups is 1. The Bertz CT molecular complexity index is 324. The molecule has 1 aromatic carbocycles. The number of hydrogen-bond donors (Lipinski definition) is 2. The lowest BCUT2D eigenvalue weighted by atomic mass is 9.85. The second-order valence-electron chi connectivity index (χ2n) is 5.02. The standard InChI is InChI=1S/C13H22N2/c1-5-6-10-9-11(13(2,3)4)7-8-12(10)15-14/h7-9,15H,5-6,14H2,1-4H3. The van der Waals surface area contributed by atoms with Crippen molar-refractivity contribution in [2.45, 2.75) is 46.0 Å². The van der Waals surface area contributed by atoms with Crippen molar-refractivity contribution >= 4 is 5.69 Å². The van der Waals surface area contributed by atoms with Crippen LogP contribution in [0.25, 0.3) is 0 Å². The first-order valence-corrected chi connectivity index (χ1v) is 5.59. The summed E-state index contributed by atoms with van der Waals surface area (Å²) in [7, 11) is 0. The van der Waals surface area contributed by atoms with Gasteiger partial charge in [-0.15, -0.1) is 0 Å². The molecule has 3 N–H and O–H groups in total. The zero-order chi connectivity index (χ0) is 11.5. The van der Waals surface area contributed by atoms with Gasteiger partial charge in [-0.25, -0.2) is 0 Å². The maximum absolute atomic E-state index is 5.49. The Morgan fingerprint density at radius 2 is 1.93 bits per heavy atom. The second kappa shape index (κ2) is 4.67. The van der Waals surface area contributed by atoms with Crippen molar-refractivity contribution in [3.8, 4) is 0 Å². The minimum Gasteiger partial charge on any atom is -0.324 e. The van der Waals surface area contributed by atoms with Crippen molar-refractivity contribution in [1.82, 2.24) is 0 Å². The Morgan fingerprint density at radius 3 is 2.40 bits per heavy atom. The highest BCUT2D eigenvalue weighted by Gasteiger charge is 2.14. The van der Waals surface area contributed by atoms with E-state index in [2.05, 4.69) is 51.3 Å². The minimum absolute atomic E-state index is 0.204. The van der Waals surface area contributed by atoms with E-state index in [4.69, 9.17) is 5.84 Å². The summed E-state index contributed by atoms with van der Waals surface area (Å²) in [5, 5.41) is 0. The molecule has 0 aliphatic rings. The van der Waals surface area contributed by atoms with Gasteiger partial charge in [0, 0.05) is 0 Å². The molecule has 0 saturated heterocycles. The van der Waals surface area contributed by atoms with Gasteiger partial charge in [-0.05, 0) is 29.0 Å². The average Bonchev–Trinajstić information content (AvgIpc) is 2.17. The van der Waals surface area contributed by atoms with Crippen molar-refractivity contribution in [1.29, 1.82) is 0 Å². The number of aryl methyl sites for hydroxylation is 1. The summed E-state index contributed by atoms with van der Waals surface area (Å²) < 4.78 is 0. The predicted octanol–water partition coefficient (Wildman–Crippen LogP) is 3.22. The zero-order valence-corrected chi connectivity index (χ0v) is 10.2. The fraction of sp³-hybridized carbons (Fsp3) is 0.538. The molecule has 0 saturated carbocycles. The van der Waals surface area contributed by atoms with Gasteiger partial charge in [0.2, 0.25) is 0 Å². The lowest BCUT2D eigenvalue weighted by Gasteiger charge is -2.21. The SMILES string of the molecule is CCCc1cc(C(C)(C)C)ccc1NN. The Labute approximate surface area is 92.8 Å². The van der Waals surface area contributed by atoms with Crippen LogP contribution in [0.1, 0.15) is 45.2 Å². The van der Waals surface area contributed by atoms with Crippen LogP contribution in [0.4, 0.5) is 5.69 Å². The van der Waals surface area contributed by atoms with Crippen molar-refractivity contribution in [3.63, 3.8) is 0 Å². The second-order valence-corrected chi connectivity index (χ2v) is 5.02. The van der Waals surface area contributed by atoms with Gasteiger partial charge in [-0.2, -0.15) is 0 Å². The molecule has 0 amide bonds. The Hall–Kier alpha value is -1.02. The van der Waals surface area contributed by atoms with Crippen LogP contribution in [0.2, 0.25) is 0 Å². The van der Waals surface area contributed by atoms with Gasteiger partial charge in [0.25, 0.3) is 0 Å². The Kier molecular flexibility index (Phi) is 3.75. The molecule has 0 aliphatic heterocycles. The smallest absolute Gasteiger partial charge is 0.0517 e. The number of nitrogens with one attached hydrogen (secondary N) is 1. The van der Waals surface area contributed by atoms with Gasteiger partial charge >= 0.3 is 0 Å². The van der Waals surface area contributed by atoms with E-state index in [1.807, 2.05) is 0 Å². The van der Waals surface area contributed by atoms with E-state index in [1.165, 1.54) is 11.1 Å². The van der Waals surface area contributed by atoms with Crippen LogP contribution in [0.15, 0.2) is 18.2 Å². The molecule has 1 rings (SSSR count). The lowest BCUT2D eigenvalue weighted by Crippen LogP contribution is -2.14. The van der Waals surface area contributed by atoms with Gasteiger partial charge < -0.3 is 5.43 Å². The molecule has 0 unspecified atom stereocenters. The first-order chi connectivity index (χ1) is 6.99. The highest BCUT2D eigenvalue weighted by atomic mass is 15.2. The fourth-order valence-corrected chi connectivity index (χ4v) is 1.68. The normalized spacial score (nSPS) is 11.5. The number of hydrogen-bond acceptors (Lipinski definition) is 2. The molecular formula is C13H22N2. The highest BCUT2D eigenvalue weighted by molar-refractivity contribution is 5.52. The number of nitrogen functional groups attached to an aromatic ring is 1. The van der Waals surface area contributed by atoms with Crippen LogP contribution in [-0.2, 0) is 11.8 Å². The number of rotatable bonds is 3. The third-order valence-corrected chi connectivity index (χ3v) is 2.65. The molecule has 0 spiro atoms. The lowest BCUT2D eigenvalue weighted by molar-refractivity contribution is 0.589. The van der Waals surface area contributed by atoms with Crippen LogP contribution in [-0.4, -0.2) is 0 Å². The van der Waals surface area contributed by atoms with Crippen molar-refractivity contribution in [2.24, 2.45) is 5.84 Å². The maximum atomic E-state index is 5.49. The first-order valence-electron chi connectivity index (χ1n) is 5.59. The number of anilines is 1. The van der Waals surface area contributed by atoms with E-state index in [9.17, 15) is 0 Å². The van der Waals surface area contributed by atoms with Gasteiger partial charge in [-0.1, -0.05) is 46.2 Å². The summed E-state index contributed by atoms with van der Waals surface area (Å²) in [6.07, 6.45) is 2.21. The average molecular weight is 206 g/mol. The van der Waals surface area contributed by atoms with Crippen LogP contribution in [0, 0.1) is 0 Å². The van der Waals surface area contributed by atoms with Crippen LogP contribution >= 0.6 is 0 Å². The molecule has 0 aromatic heterocycles. The largest absolute Gasteiger partial charge is 0.324 e. The fourth-order valence-electron chi connectivity index (χ4n) is 1.68. The van der Waals surface area contributed by atoms with Crippen LogP contribution in [0.3, 0.4) is 0 Å². The van der Waals surface area contributed by atoms with E-state index in [0.29, 0.717) is 0 Å². The number of nitrogens with two attached hydrogens (primary N) is 1. The summed E-state index contributed by atoms with van der Waals surface area (Å²) in [6.45, 7) is 8.87. The van der Waals surface area contributed by atoms with Crippen LogP contribution < -0.4 is 11.3 Å². The van der Waals surface area contributed by atoms with Gasteiger partial charge in [0.1, 0.15) is 0 Å². The first kappa shape index (κ1) is 12.1. The van der Waals surface area contributed by atoms with E-state index >= 15 is 0 Å². The third kappa shape index (κ3) is 2.96. The van der Waals surface area contributed by atoms with Gasteiger partial charge in [0.05, 0.1) is 5.69 Å². The van der Waals surface area contributed by atoms with E-state index in [-0.39, 0.29) is 5.41 Å². The van der Waals surface area contributed by atoms with Crippen molar-refractivity contribution in [3.05, 3.63) is 29.3 Å². The summed E-state index contributed by atoms with van der Waals surface area (Å²) in [6, 6.07) is 6.48. The van der Waals surface area contributed by atoms with Crippen molar-refractivity contribution < 1.29 is 0 Å². The quantitative estimate of drug-likeness (QED) is 0.588. The molecule has 0 atom stereocenters. The summed E-state index contributed by atoms with van der Waals surface area (Å²) in [5.41, 5.74) is 6.69. The van der Waals surface area contributed by atoms with Crippen LogP contribution in [0.5, 0.6) is 0 Å². The number of benzene rings is 1. The molecule has 15 heavy (non-hydrogen) atoms.